The molecule has 1 aromatic rings. The van der Waals surface area contributed by atoms with E-state index in [9.17, 15) is 0 Å². The second-order valence-electron chi connectivity index (χ2n) is 4.27. The van der Waals surface area contributed by atoms with Crippen LogP contribution in [0, 0.1) is 31.1 Å². The highest BCUT2D eigenvalue weighted by molar-refractivity contribution is 5.33. The van der Waals surface area contributed by atoms with Crippen LogP contribution in [0.4, 0.5) is 0 Å². The molecule has 0 fully saturated rings. The molecule has 0 saturated carbocycles. The van der Waals surface area contributed by atoms with Gasteiger partial charge in [0.05, 0.1) is 12.0 Å². The van der Waals surface area contributed by atoms with Crippen molar-refractivity contribution in [2.24, 2.45) is 5.92 Å². The SMILES string of the molecule is CCC(C#N)C(NC)c1ccc(C)cc1C. The lowest BCUT2D eigenvalue weighted by Crippen LogP contribution is -2.24. The Kier molecular flexibility index (Phi) is 4.52. The minimum absolute atomic E-state index is 0.0337. The average Bonchev–Trinajstić information content (AvgIpc) is 2.27. The van der Waals surface area contributed by atoms with Crippen molar-refractivity contribution in [1.29, 1.82) is 5.26 Å². The third-order valence-corrected chi connectivity index (χ3v) is 3.08. The largest absolute Gasteiger partial charge is 0.312 e. The van der Waals surface area contributed by atoms with Gasteiger partial charge in [0, 0.05) is 6.04 Å². The van der Waals surface area contributed by atoms with E-state index in [1.807, 2.05) is 7.05 Å². The summed E-state index contributed by atoms with van der Waals surface area (Å²) in [5, 5.41) is 12.4. The number of hydrogen-bond donors (Lipinski definition) is 1. The number of nitrogens with zero attached hydrogens (tertiary/aromatic N) is 1. The molecule has 1 rings (SSSR count). The highest BCUT2D eigenvalue weighted by Crippen LogP contribution is 2.26. The maximum Gasteiger partial charge on any atom is 0.0675 e. The minimum Gasteiger partial charge on any atom is -0.312 e. The molecule has 0 aromatic heterocycles. The molecule has 0 aliphatic heterocycles. The number of aryl methyl sites for hydroxylation is 2. The van der Waals surface area contributed by atoms with E-state index in [1.165, 1.54) is 16.7 Å². The fourth-order valence-electron chi connectivity index (χ4n) is 2.15. The first-order chi connectivity index (χ1) is 7.63. The molecule has 0 heterocycles. The van der Waals surface area contributed by atoms with Crippen LogP contribution in [0.15, 0.2) is 18.2 Å². The zero-order chi connectivity index (χ0) is 12.1. The summed E-state index contributed by atoms with van der Waals surface area (Å²) in [6.07, 6.45) is 0.870. The molecule has 0 spiro atoms. The molecule has 0 amide bonds. The summed E-state index contributed by atoms with van der Waals surface area (Å²) in [6.45, 7) is 6.26. The minimum atomic E-state index is 0.0337. The molecule has 86 valence electrons. The number of hydrogen-bond acceptors (Lipinski definition) is 2. The standard InChI is InChI=1S/C14H20N2/c1-5-12(9-15)14(16-4)13-7-6-10(2)8-11(13)3/h6-8,12,14,16H,5H2,1-4H3. The molecule has 0 bridgehead atoms. The van der Waals surface area contributed by atoms with Gasteiger partial charge in [0.1, 0.15) is 0 Å². The molecule has 0 saturated heterocycles. The van der Waals surface area contributed by atoms with Gasteiger partial charge in [0.15, 0.2) is 0 Å². The van der Waals surface area contributed by atoms with Gasteiger partial charge in [-0.1, -0.05) is 30.7 Å². The highest BCUT2D eigenvalue weighted by atomic mass is 14.9. The van der Waals surface area contributed by atoms with Crippen molar-refractivity contribution in [3.8, 4) is 6.07 Å². The van der Waals surface area contributed by atoms with Crippen molar-refractivity contribution in [2.75, 3.05) is 7.05 Å². The lowest BCUT2D eigenvalue weighted by molar-refractivity contribution is 0.447. The van der Waals surface area contributed by atoms with E-state index in [1.54, 1.807) is 0 Å². The van der Waals surface area contributed by atoms with Crippen molar-refractivity contribution in [2.45, 2.75) is 33.2 Å². The van der Waals surface area contributed by atoms with Gasteiger partial charge in [-0.25, -0.2) is 0 Å². The summed E-state index contributed by atoms with van der Waals surface area (Å²) < 4.78 is 0. The van der Waals surface area contributed by atoms with E-state index in [4.69, 9.17) is 5.26 Å². The number of nitriles is 1. The molecule has 1 aromatic carbocycles. The average molecular weight is 216 g/mol. The first kappa shape index (κ1) is 12.7. The first-order valence-electron chi connectivity index (χ1n) is 5.78. The number of nitrogens with one attached hydrogen (secondary N) is 1. The summed E-state index contributed by atoms with van der Waals surface area (Å²) in [4.78, 5) is 0. The van der Waals surface area contributed by atoms with Crippen LogP contribution >= 0.6 is 0 Å². The van der Waals surface area contributed by atoms with Crippen LogP contribution in [0.1, 0.15) is 36.1 Å². The zero-order valence-corrected chi connectivity index (χ0v) is 10.5. The Bertz CT molecular complexity index is 390. The third kappa shape index (κ3) is 2.62. The van der Waals surface area contributed by atoms with Crippen molar-refractivity contribution < 1.29 is 0 Å². The molecular weight excluding hydrogens is 196 g/mol. The highest BCUT2D eigenvalue weighted by Gasteiger charge is 2.21. The van der Waals surface area contributed by atoms with Crippen LogP contribution in [0.2, 0.25) is 0 Å². The monoisotopic (exact) mass is 216 g/mol. The van der Waals surface area contributed by atoms with E-state index < -0.39 is 0 Å². The topological polar surface area (TPSA) is 35.8 Å². The molecule has 16 heavy (non-hydrogen) atoms. The predicted molar refractivity (Wildman–Crippen MR) is 67.1 cm³/mol. The Hall–Kier alpha value is -1.33. The Balaban J connectivity index is 3.09. The summed E-state index contributed by atoms with van der Waals surface area (Å²) in [5.41, 5.74) is 3.76. The van der Waals surface area contributed by atoms with Gasteiger partial charge in [0.25, 0.3) is 0 Å². The van der Waals surface area contributed by atoms with Crippen molar-refractivity contribution in [3.63, 3.8) is 0 Å². The van der Waals surface area contributed by atoms with Gasteiger partial charge in [-0.3, -0.25) is 0 Å². The van der Waals surface area contributed by atoms with Crippen LogP contribution in [0.3, 0.4) is 0 Å². The summed E-state index contributed by atoms with van der Waals surface area (Å²) in [7, 11) is 1.92. The van der Waals surface area contributed by atoms with Crippen LogP contribution in [0.25, 0.3) is 0 Å². The Morgan fingerprint density at radius 2 is 2.06 bits per heavy atom. The van der Waals surface area contributed by atoms with Crippen LogP contribution in [-0.2, 0) is 0 Å². The molecule has 2 unspecified atom stereocenters. The quantitative estimate of drug-likeness (QED) is 0.839. The van der Waals surface area contributed by atoms with E-state index >= 15 is 0 Å². The maximum atomic E-state index is 9.14. The fraction of sp³-hybridized carbons (Fsp3) is 0.500. The lowest BCUT2D eigenvalue weighted by atomic mass is 9.89. The van der Waals surface area contributed by atoms with Crippen LogP contribution in [-0.4, -0.2) is 7.05 Å². The summed E-state index contributed by atoms with van der Waals surface area (Å²) in [6, 6.07) is 8.92. The van der Waals surface area contributed by atoms with Crippen LogP contribution in [0.5, 0.6) is 0 Å². The van der Waals surface area contributed by atoms with E-state index in [0.717, 1.165) is 6.42 Å². The Morgan fingerprint density at radius 3 is 2.50 bits per heavy atom. The molecule has 0 aliphatic rings. The van der Waals surface area contributed by atoms with Crippen LogP contribution < -0.4 is 5.32 Å². The Labute approximate surface area is 98.3 Å². The zero-order valence-electron chi connectivity index (χ0n) is 10.5. The first-order valence-corrected chi connectivity index (χ1v) is 5.78. The van der Waals surface area contributed by atoms with Crippen molar-refractivity contribution in [1.82, 2.24) is 5.32 Å². The van der Waals surface area contributed by atoms with Gasteiger partial charge >= 0.3 is 0 Å². The van der Waals surface area contributed by atoms with Crippen molar-refractivity contribution in [3.05, 3.63) is 34.9 Å². The van der Waals surface area contributed by atoms with E-state index in [0.29, 0.717) is 0 Å². The maximum absolute atomic E-state index is 9.14. The van der Waals surface area contributed by atoms with Gasteiger partial charge in [-0.05, 0) is 38.4 Å². The molecule has 1 N–H and O–H groups in total. The Morgan fingerprint density at radius 1 is 1.38 bits per heavy atom. The second-order valence-corrected chi connectivity index (χ2v) is 4.27. The number of rotatable bonds is 4. The van der Waals surface area contributed by atoms with E-state index in [-0.39, 0.29) is 12.0 Å². The molecular formula is C14H20N2. The van der Waals surface area contributed by atoms with Gasteiger partial charge in [-0.15, -0.1) is 0 Å². The smallest absolute Gasteiger partial charge is 0.0675 e. The van der Waals surface area contributed by atoms with Gasteiger partial charge in [0.2, 0.25) is 0 Å². The van der Waals surface area contributed by atoms with E-state index in [2.05, 4.69) is 50.4 Å². The molecule has 0 aliphatic carbocycles. The molecule has 2 nitrogen and oxygen atoms in total. The molecule has 0 radical (unpaired) electrons. The second kappa shape index (κ2) is 5.67. The van der Waals surface area contributed by atoms with Crippen molar-refractivity contribution >= 4 is 0 Å². The molecule has 2 heteroatoms. The normalized spacial score (nSPS) is 14.2. The summed E-state index contributed by atoms with van der Waals surface area (Å²) >= 11 is 0. The third-order valence-electron chi connectivity index (χ3n) is 3.08. The number of benzene rings is 1. The van der Waals surface area contributed by atoms with Gasteiger partial charge < -0.3 is 5.32 Å². The summed E-state index contributed by atoms with van der Waals surface area (Å²) in [5.74, 6) is 0.0337. The molecule has 2 atom stereocenters. The predicted octanol–water partition coefficient (Wildman–Crippen LogP) is 3.11. The lowest BCUT2D eigenvalue weighted by Gasteiger charge is -2.23. The fourth-order valence-corrected chi connectivity index (χ4v) is 2.15. The van der Waals surface area contributed by atoms with Gasteiger partial charge in [-0.2, -0.15) is 5.26 Å².